The van der Waals surface area contributed by atoms with Crippen LogP contribution in [0.3, 0.4) is 0 Å². The van der Waals surface area contributed by atoms with Gasteiger partial charge in [-0.05, 0) is 42.4 Å². The third-order valence-corrected chi connectivity index (χ3v) is 4.16. The summed E-state index contributed by atoms with van der Waals surface area (Å²) in [5.74, 6) is 4.20. The summed E-state index contributed by atoms with van der Waals surface area (Å²) in [7, 11) is 1.64. The van der Waals surface area contributed by atoms with Gasteiger partial charge in [0.05, 0.1) is 7.11 Å². The van der Waals surface area contributed by atoms with E-state index in [9.17, 15) is 0 Å². The molecule has 4 heteroatoms. The lowest BCUT2D eigenvalue weighted by atomic mass is 10.0. The molecule has 2 heterocycles. The molecule has 3 nitrogen and oxygen atoms in total. The molecule has 94 valence electrons. The molecule has 0 bridgehead atoms. The maximum Gasteiger partial charge on any atom is 0.212 e. The van der Waals surface area contributed by atoms with E-state index < -0.39 is 0 Å². The molecule has 0 aliphatic carbocycles. The van der Waals surface area contributed by atoms with Gasteiger partial charge in [0.2, 0.25) is 5.88 Å². The summed E-state index contributed by atoms with van der Waals surface area (Å²) in [6.07, 6.45) is 4.60. The summed E-state index contributed by atoms with van der Waals surface area (Å²) in [4.78, 5) is 4.20. The Morgan fingerprint density at radius 2 is 2.24 bits per heavy atom. The second kappa shape index (κ2) is 6.87. The van der Waals surface area contributed by atoms with Gasteiger partial charge in [-0.2, -0.15) is 11.8 Å². The molecule has 1 aromatic rings. The first-order chi connectivity index (χ1) is 8.38. The standard InChI is InChI=1S/C13H20N2OS/c1-16-13-3-2-12(10-15-13)9-14-8-11-4-6-17-7-5-11/h2-3,10-11,14H,4-9H2,1H3. The molecule has 0 atom stereocenters. The van der Waals surface area contributed by atoms with Crippen molar-refractivity contribution in [2.45, 2.75) is 19.4 Å². The number of thioether (sulfide) groups is 1. The smallest absolute Gasteiger partial charge is 0.212 e. The second-order valence-electron chi connectivity index (χ2n) is 4.40. The minimum Gasteiger partial charge on any atom is -0.481 e. The topological polar surface area (TPSA) is 34.1 Å². The molecule has 0 saturated carbocycles. The van der Waals surface area contributed by atoms with Crippen molar-refractivity contribution in [1.29, 1.82) is 0 Å². The van der Waals surface area contributed by atoms with Crippen LogP contribution in [0.5, 0.6) is 5.88 Å². The highest BCUT2D eigenvalue weighted by atomic mass is 32.2. The van der Waals surface area contributed by atoms with Crippen molar-refractivity contribution in [1.82, 2.24) is 10.3 Å². The number of hydrogen-bond donors (Lipinski definition) is 1. The Morgan fingerprint density at radius 3 is 2.88 bits per heavy atom. The Kier molecular flexibility index (Phi) is 5.13. The first kappa shape index (κ1) is 12.7. The number of pyridine rings is 1. The van der Waals surface area contributed by atoms with Gasteiger partial charge in [-0.3, -0.25) is 0 Å². The second-order valence-corrected chi connectivity index (χ2v) is 5.62. The molecule has 1 saturated heterocycles. The molecular weight excluding hydrogens is 232 g/mol. The highest BCUT2D eigenvalue weighted by Crippen LogP contribution is 2.21. The zero-order chi connectivity index (χ0) is 11.9. The molecule has 1 aromatic heterocycles. The number of nitrogens with zero attached hydrogens (tertiary/aromatic N) is 1. The predicted octanol–water partition coefficient (Wildman–Crippen LogP) is 2.32. The molecule has 1 fully saturated rings. The van der Waals surface area contributed by atoms with Crippen LogP contribution in [-0.2, 0) is 6.54 Å². The number of nitrogens with one attached hydrogen (secondary N) is 1. The molecule has 0 spiro atoms. The molecule has 2 rings (SSSR count). The minimum absolute atomic E-state index is 0.679. The van der Waals surface area contributed by atoms with Crippen molar-refractivity contribution in [2.75, 3.05) is 25.2 Å². The first-order valence-corrected chi connectivity index (χ1v) is 7.31. The first-order valence-electron chi connectivity index (χ1n) is 6.16. The number of aromatic nitrogens is 1. The third kappa shape index (κ3) is 4.21. The van der Waals surface area contributed by atoms with E-state index in [0.717, 1.165) is 19.0 Å². The Bertz CT molecular complexity index is 323. The summed E-state index contributed by atoms with van der Waals surface area (Å²) in [6.45, 7) is 2.03. The Hall–Kier alpha value is -0.740. The Balaban J connectivity index is 1.69. The fraction of sp³-hybridized carbons (Fsp3) is 0.615. The largest absolute Gasteiger partial charge is 0.481 e. The van der Waals surface area contributed by atoms with Crippen molar-refractivity contribution < 1.29 is 4.74 Å². The van der Waals surface area contributed by atoms with Gasteiger partial charge in [0.15, 0.2) is 0 Å². The van der Waals surface area contributed by atoms with Gasteiger partial charge in [-0.1, -0.05) is 6.07 Å². The summed E-state index contributed by atoms with van der Waals surface area (Å²) >= 11 is 2.08. The number of rotatable bonds is 5. The third-order valence-electron chi connectivity index (χ3n) is 3.11. The van der Waals surface area contributed by atoms with Crippen LogP contribution in [0.4, 0.5) is 0 Å². The van der Waals surface area contributed by atoms with Crippen molar-refractivity contribution in [2.24, 2.45) is 5.92 Å². The van der Waals surface area contributed by atoms with Gasteiger partial charge in [0.25, 0.3) is 0 Å². The van der Waals surface area contributed by atoms with Crippen molar-refractivity contribution in [3.8, 4) is 5.88 Å². The molecule has 1 aliphatic rings. The van der Waals surface area contributed by atoms with Crippen molar-refractivity contribution >= 4 is 11.8 Å². The molecule has 17 heavy (non-hydrogen) atoms. The maximum absolute atomic E-state index is 5.03. The van der Waals surface area contributed by atoms with Gasteiger partial charge in [0.1, 0.15) is 0 Å². The van der Waals surface area contributed by atoms with Crippen LogP contribution < -0.4 is 10.1 Å². The monoisotopic (exact) mass is 252 g/mol. The molecule has 0 amide bonds. The van der Waals surface area contributed by atoms with Crippen LogP contribution in [0.2, 0.25) is 0 Å². The van der Waals surface area contributed by atoms with Gasteiger partial charge in [-0.15, -0.1) is 0 Å². The van der Waals surface area contributed by atoms with E-state index in [2.05, 4.69) is 28.1 Å². The minimum atomic E-state index is 0.679. The van der Waals surface area contributed by atoms with E-state index in [1.165, 1.54) is 29.9 Å². The van der Waals surface area contributed by atoms with Gasteiger partial charge >= 0.3 is 0 Å². The van der Waals surface area contributed by atoms with Crippen LogP contribution in [0.1, 0.15) is 18.4 Å². The molecule has 0 aromatic carbocycles. The highest BCUT2D eigenvalue weighted by molar-refractivity contribution is 7.99. The lowest BCUT2D eigenvalue weighted by molar-refractivity contribution is 0.397. The Morgan fingerprint density at radius 1 is 1.41 bits per heavy atom. The maximum atomic E-state index is 5.03. The SMILES string of the molecule is COc1ccc(CNCC2CCSCC2)cn1. The molecule has 0 radical (unpaired) electrons. The summed E-state index contributed by atoms with van der Waals surface area (Å²) < 4.78 is 5.03. The van der Waals surface area contributed by atoms with Crippen LogP contribution in [-0.4, -0.2) is 30.1 Å². The predicted molar refractivity (Wildman–Crippen MR) is 72.5 cm³/mol. The van der Waals surface area contributed by atoms with Gasteiger partial charge in [0, 0.05) is 18.8 Å². The van der Waals surface area contributed by atoms with Crippen LogP contribution in [0, 0.1) is 5.92 Å². The van der Waals surface area contributed by atoms with Crippen LogP contribution in [0.15, 0.2) is 18.3 Å². The number of methoxy groups -OCH3 is 1. The Labute approximate surface area is 107 Å². The molecule has 1 aliphatic heterocycles. The van der Waals surface area contributed by atoms with Crippen LogP contribution >= 0.6 is 11.8 Å². The zero-order valence-corrected chi connectivity index (χ0v) is 11.1. The van der Waals surface area contributed by atoms with E-state index in [4.69, 9.17) is 4.74 Å². The molecule has 1 N–H and O–H groups in total. The average molecular weight is 252 g/mol. The zero-order valence-electron chi connectivity index (χ0n) is 10.3. The molecular formula is C13H20N2OS. The average Bonchev–Trinajstić information content (AvgIpc) is 2.41. The van der Waals surface area contributed by atoms with Crippen LogP contribution in [0.25, 0.3) is 0 Å². The van der Waals surface area contributed by atoms with E-state index in [1.807, 2.05) is 12.3 Å². The summed E-state index contributed by atoms with van der Waals surface area (Å²) in [5, 5.41) is 3.52. The van der Waals surface area contributed by atoms with Gasteiger partial charge < -0.3 is 10.1 Å². The van der Waals surface area contributed by atoms with E-state index in [1.54, 1.807) is 7.11 Å². The molecule has 0 unspecified atom stereocenters. The highest BCUT2D eigenvalue weighted by Gasteiger charge is 2.12. The number of hydrogen-bond acceptors (Lipinski definition) is 4. The quantitative estimate of drug-likeness (QED) is 0.872. The van der Waals surface area contributed by atoms with E-state index in [-0.39, 0.29) is 0 Å². The lowest BCUT2D eigenvalue weighted by Crippen LogP contribution is -2.25. The van der Waals surface area contributed by atoms with Crippen molar-refractivity contribution in [3.63, 3.8) is 0 Å². The summed E-state index contributed by atoms with van der Waals surface area (Å²) in [5.41, 5.74) is 1.22. The van der Waals surface area contributed by atoms with Gasteiger partial charge in [-0.25, -0.2) is 4.98 Å². The number of ether oxygens (including phenoxy) is 1. The fourth-order valence-corrected chi connectivity index (χ4v) is 3.21. The lowest BCUT2D eigenvalue weighted by Gasteiger charge is -2.21. The summed E-state index contributed by atoms with van der Waals surface area (Å²) in [6, 6.07) is 3.98. The van der Waals surface area contributed by atoms with Crippen molar-refractivity contribution in [3.05, 3.63) is 23.9 Å². The van der Waals surface area contributed by atoms with E-state index >= 15 is 0 Å². The van der Waals surface area contributed by atoms with E-state index in [0.29, 0.717) is 5.88 Å². The normalized spacial score (nSPS) is 17.0. The fourth-order valence-electron chi connectivity index (χ4n) is 2.01.